The molecule has 0 saturated carbocycles. The Kier molecular flexibility index (Phi) is 6.13. The average molecular weight is 403 g/mol. The van der Waals surface area contributed by atoms with Crippen molar-refractivity contribution >= 4 is 34.6 Å². The number of hydrogen-bond acceptors (Lipinski definition) is 3. The molecule has 6 nitrogen and oxygen atoms in total. The fraction of sp³-hybridized carbons (Fsp3) is 0.316. The molecule has 0 aliphatic rings. The minimum absolute atomic E-state index is 0.0588. The van der Waals surface area contributed by atoms with Gasteiger partial charge in [-0.05, 0) is 44.6 Å². The first-order chi connectivity index (χ1) is 13.0. The van der Waals surface area contributed by atoms with Gasteiger partial charge in [-0.15, -0.1) is 0 Å². The first kappa shape index (κ1) is 19.4. The van der Waals surface area contributed by atoms with E-state index in [-0.39, 0.29) is 6.04 Å². The predicted molar refractivity (Wildman–Crippen MR) is 113 cm³/mol. The lowest BCUT2D eigenvalue weighted by Crippen LogP contribution is -2.31. The molecular weight excluding hydrogens is 380 g/mol. The molecule has 1 atom stereocenters. The van der Waals surface area contributed by atoms with E-state index in [4.69, 9.17) is 23.8 Å². The molecule has 2 heterocycles. The number of nitrogens with one attached hydrogen (secondary N) is 2. The van der Waals surface area contributed by atoms with Gasteiger partial charge in [-0.1, -0.05) is 29.8 Å². The van der Waals surface area contributed by atoms with Crippen LogP contribution in [-0.2, 0) is 13.1 Å². The van der Waals surface area contributed by atoms with Crippen molar-refractivity contribution in [2.75, 3.05) is 5.32 Å². The van der Waals surface area contributed by atoms with Gasteiger partial charge in [0.25, 0.3) is 0 Å². The zero-order chi connectivity index (χ0) is 19.4. The number of thiocarbonyl (C=S) groups is 1. The second-order valence-corrected chi connectivity index (χ2v) is 7.15. The summed E-state index contributed by atoms with van der Waals surface area (Å²) < 4.78 is 3.80. The number of nitrogens with zero attached hydrogens (tertiary/aromatic N) is 4. The van der Waals surface area contributed by atoms with Crippen molar-refractivity contribution < 1.29 is 0 Å². The van der Waals surface area contributed by atoms with Gasteiger partial charge < -0.3 is 10.6 Å². The molecule has 1 aromatic carbocycles. The Morgan fingerprint density at radius 2 is 2.04 bits per heavy atom. The summed E-state index contributed by atoms with van der Waals surface area (Å²) in [7, 11) is 0. The fourth-order valence-electron chi connectivity index (χ4n) is 2.96. The number of aryl methyl sites for hydroxylation is 1. The van der Waals surface area contributed by atoms with Crippen LogP contribution >= 0.6 is 23.8 Å². The SMILES string of the molecule is CCn1ncc(C(C)NC(=S)Nc2cnn(Cc3ccccc3Cl)c2)c1C. The van der Waals surface area contributed by atoms with E-state index in [1.165, 1.54) is 0 Å². The minimum atomic E-state index is 0.0588. The van der Waals surface area contributed by atoms with Crippen LogP contribution in [0.1, 0.15) is 36.7 Å². The van der Waals surface area contributed by atoms with Crippen LogP contribution in [0, 0.1) is 6.92 Å². The molecule has 0 fully saturated rings. The van der Waals surface area contributed by atoms with Crippen molar-refractivity contribution in [1.82, 2.24) is 24.9 Å². The summed E-state index contributed by atoms with van der Waals surface area (Å²) in [6.07, 6.45) is 5.54. The van der Waals surface area contributed by atoms with Gasteiger partial charge in [0.1, 0.15) is 0 Å². The molecule has 2 N–H and O–H groups in total. The normalized spacial score (nSPS) is 12.0. The van der Waals surface area contributed by atoms with E-state index in [1.807, 2.05) is 46.0 Å². The Balaban J connectivity index is 1.59. The zero-order valence-electron chi connectivity index (χ0n) is 15.6. The maximum Gasteiger partial charge on any atom is 0.171 e. The lowest BCUT2D eigenvalue weighted by atomic mass is 10.1. The second kappa shape index (κ2) is 8.54. The highest BCUT2D eigenvalue weighted by molar-refractivity contribution is 7.80. The molecule has 27 heavy (non-hydrogen) atoms. The van der Waals surface area contributed by atoms with Gasteiger partial charge in [-0.2, -0.15) is 10.2 Å². The van der Waals surface area contributed by atoms with Gasteiger partial charge in [-0.25, -0.2) is 0 Å². The van der Waals surface area contributed by atoms with E-state index < -0.39 is 0 Å². The summed E-state index contributed by atoms with van der Waals surface area (Å²) in [6.45, 7) is 7.67. The molecule has 0 aliphatic carbocycles. The summed E-state index contributed by atoms with van der Waals surface area (Å²) in [6, 6.07) is 7.81. The lowest BCUT2D eigenvalue weighted by Gasteiger charge is -2.16. The molecule has 0 aliphatic heterocycles. The van der Waals surface area contributed by atoms with Crippen LogP contribution in [0.2, 0.25) is 5.02 Å². The summed E-state index contributed by atoms with van der Waals surface area (Å²) in [5.41, 5.74) is 4.13. The maximum absolute atomic E-state index is 6.21. The molecule has 142 valence electrons. The predicted octanol–water partition coefficient (Wildman–Crippen LogP) is 4.16. The van der Waals surface area contributed by atoms with Crippen LogP contribution in [0.3, 0.4) is 0 Å². The van der Waals surface area contributed by atoms with Crippen LogP contribution in [0.15, 0.2) is 42.9 Å². The van der Waals surface area contributed by atoms with Gasteiger partial charge in [0, 0.05) is 29.0 Å². The number of hydrogen-bond donors (Lipinski definition) is 2. The molecule has 3 rings (SSSR count). The summed E-state index contributed by atoms with van der Waals surface area (Å²) in [5.74, 6) is 0. The number of anilines is 1. The number of benzene rings is 1. The second-order valence-electron chi connectivity index (χ2n) is 6.34. The number of rotatable bonds is 6. The van der Waals surface area contributed by atoms with Gasteiger partial charge in [0.05, 0.1) is 30.7 Å². The number of aromatic nitrogens is 4. The van der Waals surface area contributed by atoms with Crippen LogP contribution < -0.4 is 10.6 Å². The molecule has 3 aromatic rings. The molecule has 2 aromatic heterocycles. The van der Waals surface area contributed by atoms with Gasteiger partial charge >= 0.3 is 0 Å². The third-order valence-electron chi connectivity index (χ3n) is 4.44. The van der Waals surface area contributed by atoms with Crippen molar-refractivity contribution in [1.29, 1.82) is 0 Å². The molecule has 0 saturated heterocycles. The quantitative estimate of drug-likeness (QED) is 0.606. The van der Waals surface area contributed by atoms with E-state index in [0.717, 1.165) is 34.1 Å². The molecule has 0 amide bonds. The zero-order valence-corrected chi connectivity index (χ0v) is 17.2. The highest BCUT2D eigenvalue weighted by atomic mass is 35.5. The first-order valence-corrected chi connectivity index (χ1v) is 9.62. The van der Waals surface area contributed by atoms with Crippen LogP contribution in [-0.4, -0.2) is 24.7 Å². The van der Waals surface area contributed by atoms with Crippen molar-refractivity contribution in [2.24, 2.45) is 0 Å². The largest absolute Gasteiger partial charge is 0.356 e. The summed E-state index contributed by atoms with van der Waals surface area (Å²) in [4.78, 5) is 0. The minimum Gasteiger partial charge on any atom is -0.356 e. The van der Waals surface area contributed by atoms with Gasteiger partial charge in [0.15, 0.2) is 5.11 Å². The number of halogens is 1. The molecule has 0 radical (unpaired) electrons. The van der Waals surface area contributed by atoms with Crippen molar-refractivity contribution in [3.63, 3.8) is 0 Å². The molecule has 0 spiro atoms. The monoisotopic (exact) mass is 402 g/mol. The van der Waals surface area contributed by atoms with Crippen molar-refractivity contribution in [2.45, 2.75) is 39.9 Å². The van der Waals surface area contributed by atoms with E-state index >= 15 is 0 Å². The highest BCUT2D eigenvalue weighted by Gasteiger charge is 2.14. The van der Waals surface area contributed by atoms with Gasteiger partial charge in [-0.3, -0.25) is 9.36 Å². The molecule has 8 heteroatoms. The first-order valence-electron chi connectivity index (χ1n) is 8.83. The topological polar surface area (TPSA) is 59.7 Å². The standard InChI is InChI=1S/C19H23ClN6S/c1-4-26-14(3)17(10-22-26)13(2)23-19(27)24-16-9-21-25(12-16)11-15-7-5-6-8-18(15)20/h5-10,12-13H,4,11H2,1-3H3,(H2,23,24,27). The third-order valence-corrected chi connectivity index (χ3v) is 5.02. The summed E-state index contributed by atoms with van der Waals surface area (Å²) >= 11 is 11.7. The van der Waals surface area contributed by atoms with Crippen molar-refractivity contribution in [3.8, 4) is 0 Å². The fourth-order valence-corrected chi connectivity index (χ4v) is 3.45. The van der Waals surface area contributed by atoms with E-state index in [1.54, 1.807) is 6.20 Å². The average Bonchev–Trinajstić information content (AvgIpc) is 3.22. The van der Waals surface area contributed by atoms with E-state index in [0.29, 0.717) is 11.7 Å². The molecule has 1 unspecified atom stereocenters. The van der Waals surface area contributed by atoms with Gasteiger partial charge in [0.2, 0.25) is 0 Å². The van der Waals surface area contributed by atoms with E-state index in [2.05, 4.69) is 41.6 Å². The van der Waals surface area contributed by atoms with Crippen LogP contribution in [0.5, 0.6) is 0 Å². The summed E-state index contributed by atoms with van der Waals surface area (Å²) in [5, 5.41) is 16.5. The van der Waals surface area contributed by atoms with Crippen LogP contribution in [0.25, 0.3) is 0 Å². The maximum atomic E-state index is 6.21. The molecular formula is C19H23ClN6S. The molecule has 0 bridgehead atoms. The Hall–Kier alpha value is -2.38. The Morgan fingerprint density at radius 3 is 2.74 bits per heavy atom. The highest BCUT2D eigenvalue weighted by Crippen LogP contribution is 2.18. The third kappa shape index (κ3) is 4.67. The van der Waals surface area contributed by atoms with Crippen molar-refractivity contribution in [3.05, 3.63) is 64.7 Å². The Bertz CT molecular complexity index is 932. The lowest BCUT2D eigenvalue weighted by molar-refractivity contribution is 0.633. The Morgan fingerprint density at radius 1 is 1.26 bits per heavy atom. The smallest absolute Gasteiger partial charge is 0.171 e. The Labute approximate surface area is 169 Å². The van der Waals surface area contributed by atoms with E-state index in [9.17, 15) is 0 Å². The van der Waals surface area contributed by atoms with Crippen LogP contribution in [0.4, 0.5) is 5.69 Å².